The quantitative estimate of drug-likeness (QED) is 0.376. The molecule has 3 saturated carbocycles. The number of carbonyl (C=O) groups is 3. The monoisotopic (exact) mass is 432 g/mol. The van der Waals surface area contributed by atoms with E-state index in [2.05, 4.69) is 20.8 Å². The number of epoxide rings is 1. The molecule has 4 fully saturated rings. The van der Waals surface area contributed by atoms with Crippen LogP contribution in [-0.4, -0.2) is 47.9 Å². The first-order valence-electron chi connectivity index (χ1n) is 11.4. The minimum Gasteiger partial charge on any atom is -0.462 e. The highest BCUT2D eigenvalue weighted by Crippen LogP contribution is 2.72. The molecule has 0 N–H and O–H groups in total. The first-order chi connectivity index (χ1) is 14.4. The fourth-order valence-electron chi connectivity index (χ4n) is 7.81. The molecule has 7 nitrogen and oxygen atoms in total. The van der Waals surface area contributed by atoms with Crippen LogP contribution in [0.3, 0.4) is 0 Å². The molecular formula is C24H32O7. The predicted molar refractivity (Wildman–Crippen MR) is 109 cm³/mol. The Bertz CT molecular complexity index is 904. The molecular weight excluding hydrogens is 400 g/mol. The molecule has 1 spiro atoms. The molecule has 0 bridgehead atoms. The summed E-state index contributed by atoms with van der Waals surface area (Å²) in [6.07, 6.45) is 1.82. The zero-order valence-electron chi connectivity index (χ0n) is 19.2. The van der Waals surface area contributed by atoms with Crippen molar-refractivity contribution in [1.29, 1.82) is 0 Å². The van der Waals surface area contributed by atoms with Crippen LogP contribution in [0.15, 0.2) is 11.1 Å². The van der Waals surface area contributed by atoms with Crippen molar-refractivity contribution in [2.75, 3.05) is 0 Å². The summed E-state index contributed by atoms with van der Waals surface area (Å²) in [5.74, 6) is -0.660. The molecule has 5 rings (SSSR count). The summed E-state index contributed by atoms with van der Waals surface area (Å²) in [6.45, 7) is 11.2. The summed E-state index contributed by atoms with van der Waals surface area (Å²) in [4.78, 5) is 36.2. The molecule has 0 aromatic carbocycles. The van der Waals surface area contributed by atoms with Gasteiger partial charge in [-0.05, 0) is 32.1 Å². The largest absolute Gasteiger partial charge is 0.462 e. The van der Waals surface area contributed by atoms with Gasteiger partial charge in [0.2, 0.25) is 0 Å². The van der Waals surface area contributed by atoms with E-state index in [4.69, 9.17) is 18.9 Å². The summed E-state index contributed by atoms with van der Waals surface area (Å²) >= 11 is 0. The molecule has 3 unspecified atom stereocenters. The average Bonchev–Trinajstić information content (AvgIpc) is 3.30. The van der Waals surface area contributed by atoms with Crippen LogP contribution < -0.4 is 0 Å². The van der Waals surface area contributed by atoms with E-state index in [-0.39, 0.29) is 64.5 Å². The number of ether oxygens (including phenoxy) is 4. The van der Waals surface area contributed by atoms with Crippen LogP contribution in [0.2, 0.25) is 0 Å². The molecule has 170 valence electrons. The summed E-state index contributed by atoms with van der Waals surface area (Å²) in [7, 11) is 0. The number of hydrogen-bond acceptors (Lipinski definition) is 7. The molecule has 31 heavy (non-hydrogen) atoms. The zero-order valence-corrected chi connectivity index (χ0v) is 19.2. The van der Waals surface area contributed by atoms with Gasteiger partial charge in [-0.25, -0.2) is 4.79 Å². The molecule has 0 aromatic heterocycles. The number of hydrogen-bond donors (Lipinski definition) is 0. The van der Waals surface area contributed by atoms with Crippen molar-refractivity contribution < 1.29 is 33.3 Å². The summed E-state index contributed by atoms with van der Waals surface area (Å²) in [5.41, 5.74) is 0.706. The third-order valence-corrected chi connectivity index (χ3v) is 9.17. The Morgan fingerprint density at radius 2 is 1.65 bits per heavy atom. The zero-order chi connectivity index (χ0) is 22.5. The maximum Gasteiger partial charge on any atom is 0.334 e. The van der Waals surface area contributed by atoms with Gasteiger partial charge in [0, 0.05) is 48.2 Å². The van der Waals surface area contributed by atoms with Crippen molar-refractivity contribution in [3.8, 4) is 0 Å². The number of esters is 3. The van der Waals surface area contributed by atoms with Crippen molar-refractivity contribution in [3.63, 3.8) is 0 Å². The smallest absolute Gasteiger partial charge is 0.334 e. The second-order valence-corrected chi connectivity index (χ2v) is 10.9. The molecule has 8 atom stereocenters. The van der Waals surface area contributed by atoms with Gasteiger partial charge in [-0.15, -0.1) is 0 Å². The highest BCUT2D eigenvalue weighted by Gasteiger charge is 2.77. The molecule has 0 aromatic rings. The van der Waals surface area contributed by atoms with Gasteiger partial charge in [-0.2, -0.15) is 0 Å². The number of fused-ring (bicyclic) bond motifs is 4. The first-order valence-corrected chi connectivity index (χ1v) is 11.4. The van der Waals surface area contributed by atoms with E-state index in [0.717, 1.165) is 18.4 Å². The van der Waals surface area contributed by atoms with Crippen molar-refractivity contribution in [1.82, 2.24) is 0 Å². The molecule has 0 amide bonds. The van der Waals surface area contributed by atoms with Gasteiger partial charge in [0.1, 0.15) is 30.0 Å². The molecule has 2 aliphatic heterocycles. The van der Waals surface area contributed by atoms with Crippen LogP contribution in [-0.2, 0) is 33.3 Å². The van der Waals surface area contributed by atoms with E-state index in [1.165, 1.54) is 13.8 Å². The van der Waals surface area contributed by atoms with Gasteiger partial charge in [-0.1, -0.05) is 20.8 Å². The van der Waals surface area contributed by atoms with Gasteiger partial charge in [0.15, 0.2) is 0 Å². The van der Waals surface area contributed by atoms with E-state index in [1.807, 2.05) is 6.92 Å². The van der Waals surface area contributed by atoms with Crippen LogP contribution in [0.4, 0.5) is 0 Å². The Morgan fingerprint density at radius 3 is 2.29 bits per heavy atom. The van der Waals surface area contributed by atoms with E-state index < -0.39 is 6.10 Å². The lowest BCUT2D eigenvalue weighted by atomic mass is 9.42. The van der Waals surface area contributed by atoms with Gasteiger partial charge in [-0.3, -0.25) is 9.59 Å². The fraction of sp³-hybridized carbons (Fsp3) is 0.792. The van der Waals surface area contributed by atoms with Crippen molar-refractivity contribution >= 4 is 17.9 Å². The third kappa shape index (κ3) is 2.65. The minimum atomic E-state index is -0.400. The fourth-order valence-corrected chi connectivity index (χ4v) is 7.81. The summed E-state index contributed by atoms with van der Waals surface area (Å²) < 4.78 is 23.8. The molecule has 5 aliphatic rings. The Morgan fingerprint density at radius 1 is 1.00 bits per heavy atom. The van der Waals surface area contributed by atoms with Crippen LogP contribution in [0.25, 0.3) is 0 Å². The Balaban J connectivity index is 1.57. The van der Waals surface area contributed by atoms with Crippen LogP contribution in [0.5, 0.6) is 0 Å². The molecule has 7 heteroatoms. The lowest BCUT2D eigenvalue weighted by Gasteiger charge is -2.63. The first kappa shape index (κ1) is 21.0. The predicted octanol–water partition coefficient (Wildman–Crippen LogP) is 3.10. The maximum atomic E-state index is 12.3. The van der Waals surface area contributed by atoms with E-state index in [1.54, 1.807) is 0 Å². The minimum absolute atomic E-state index is 0.0816. The third-order valence-electron chi connectivity index (χ3n) is 9.17. The van der Waals surface area contributed by atoms with E-state index in [9.17, 15) is 14.4 Å². The maximum absolute atomic E-state index is 12.3. The molecule has 0 radical (unpaired) electrons. The lowest BCUT2D eigenvalue weighted by Crippen LogP contribution is -2.66. The number of rotatable bonds is 2. The SMILES string of the molecule is CC(=O)OC1CC(OC(C)=O)[C@]2(C)[C@H](CC[C@@]34OC3C3=C(C)C(=O)O[C@@H]3C[C@@H]24)C1(C)C. The van der Waals surface area contributed by atoms with Gasteiger partial charge >= 0.3 is 17.9 Å². The van der Waals surface area contributed by atoms with Crippen molar-refractivity contribution in [2.45, 2.75) is 97.2 Å². The Kier molecular flexibility index (Phi) is 4.29. The highest BCUT2D eigenvalue weighted by atomic mass is 16.6. The van der Waals surface area contributed by atoms with E-state index >= 15 is 0 Å². The normalized spacial score (nSPS) is 46.7. The van der Waals surface area contributed by atoms with Crippen LogP contribution in [0, 0.1) is 22.7 Å². The van der Waals surface area contributed by atoms with E-state index in [0.29, 0.717) is 18.4 Å². The highest BCUT2D eigenvalue weighted by molar-refractivity contribution is 5.92. The number of carbonyl (C=O) groups excluding carboxylic acids is 3. The van der Waals surface area contributed by atoms with Gasteiger partial charge in [0.25, 0.3) is 0 Å². The average molecular weight is 433 g/mol. The molecule has 2 heterocycles. The lowest BCUT2D eigenvalue weighted by molar-refractivity contribution is -0.232. The summed E-state index contributed by atoms with van der Waals surface area (Å²) in [6, 6.07) is 0. The molecule has 3 aliphatic carbocycles. The molecule has 1 saturated heterocycles. The second-order valence-electron chi connectivity index (χ2n) is 10.9. The van der Waals surface area contributed by atoms with Gasteiger partial charge < -0.3 is 18.9 Å². The van der Waals surface area contributed by atoms with Crippen molar-refractivity contribution in [2.24, 2.45) is 22.7 Å². The van der Waals surface area contributed by atoms with Crippen LogP contribution >= 0.6 is 0 Å². The standard InChI is InChI=1S/C24H32O7/c1-11-19-14(30-21(11)27)9-16-23(6)15(7-8-24(16)20(19)31-24)22(4,5)17(28-12(2)25)10-18(23)29-13(3)26/h14-18,20H,7-10H2,1-6H3/t14-,15-,16+,17?,18?,20?,23-,24+/m1/s1. The van der Waals surface area contributed by atoms with Crippen LogP contribution in [0.1, 0.15) is 67.2 Å². The second kappa shape index (κ2) is 6.33. The summed E-state index contributed by atoms with van der Waals surface area (Å²) in [5, 5.41) is 0. The Hall–Kier alpha value is -1.89. The van der Waals surface area contributed by atoms with Crippen molar-refractivity contribution in [3.05, 3.63) is 11.1 Å². The topological polar surface area (TPSA) is 91.4 Å². The Labute approximate surface area is 182 Å². The van der Waals surface area contributed by atoms with Gasteiger partial charge in [0.05, 0.1) is 0 Å².